The fourth-order valence-corrected chi connectivity index (χ4v) is 0.852. The van der Waals surface area contributed by atoms with Gasteiger partial charge in [0.1, 0.15) is 0 Å². The Morgan fingerprint density at radius 2 is 2.10 bits per heavy atom. The predicted octanol–water partition coefficient (Wildman–Crippen LogP) is 2.36. The molecule has 1 aromatic rings. The summed E-state index contributed by atoms with van der Waals surface area (Å²) in [5.74, 6) is -0.232. The normalized spacial score (nSPS) is 8.80. The summed E-state index contributed by atoms with van der Waals surface area (Å²) in [5, 5.41) is 19.3. The Bertz CT molecular complexity index is 270. The number of hydrogen-bond donors (Lipinski definition) is 0. The van der Waals surface area contributed by atoms with Crippen LogP contribution in [0.1, 0.15) is 5.56 Å². The highest BCUT2D eigenvalue weighted by Gasteiger charge is 1.97. The highest BCUT2D eigenvalue weighted by molar-refractivity contribution is 6.30. The Morgan fingerprint density at radius 3 is 2.60 bits per heavy atom. The number of nitriles is 1. The molecule has 1 rings (SSSR count). The highest BCUT2D eigenvalue weighted by Crippen LogP contribution is 2.19. The molecule has 0 unspecified atom stereocenters. The molecule has 0 spiro atoms. The molecule has 0 aliphatic rings. The van der Waals surface area contributed by atoms with Gasteiger partial charge in [0.05, 0.1) is 11.6 Å². The molecule has 0 N–H and O–H groups in total. The van der Waals surface area contributed by atoms with Crippen LogP contribution < -0.4 is 0 Å². The van der Waals surface area contributed by atoms with E-state index >= 15 is 0 Å². The summed E-state index contributed by atoms with van der Waals surface area (Å²) in [6.45, 7) is 0. The Hall–Kier alpha value is -1.20. The molecular weight excluding hydrogens is 150 g/mol. The first-order valence-corrected chi connectivity index (χ1v) is 2.98. The van der Waals surface area contributed by atoms with E-state index in [2.05, 4.69) is 0 Å². The van der Waals surface area contributed by atoms with Gasteiger partial charge in [-0.25, -0.2) is 0 Å². The topological polar surface area (TPSA) is 43.7 Å². The lowest BCUT2D eigenvalue weighted by molar-refractivity contribution is 0.355. The smallest absolute Gasteiger partial charge is 0.181 e. The molecule has 0 atom stereocenters. The van der Waals surface area contributed by atoms with Crippen molar-refractivity contribution < 1.29 is 5.11 Å². The zero-order valence-corrected chi connectivity index (χ0v) is 5.72. The molecule has 0 aromatic heterocycles. The maximum absolute atomic E-state index is 10.6. The molecular formula is C7H3ClNO. The zero-order valence-electron chi connectivity index (χ0n) is 4.97. The van der Waals surface area contributed by atoms with Crippen LogP contribution in [0, 0.1) is 11.3 Å². The molecule has 0 aliphatic carbocycles. The number of nitrogens with zero attached hydrogens (tertiary/aromatic N) is 1. The molecule has 0 bridgehead atoms. The molecule has 1 aromatic carbocycles. The molecule has 3 heteroatoms. The summed E-state index contributed by atoms with van der Waals surface area (Å²) < 4.78 is 0. The number of hydrogen-bond acceptors (Lipinski definition) is 1. The third-order valence-corrected chi connectivity index (χ3v) is 1.22. The maximum Gasteiger partial charge on any atom is 0.181 e. The second-order valence-corrected chi connectivity index (χ2v) is 2.22. The Kier molecular flexibility index (Phi) is 1.79. The largest absolute Gasteiger partial charge is 0.290 e. The van der Waals surface area contributed by atoms with Crippen LogP contribution in [0.5, 0.6) is 5.75 Å². The quantitative estimate of drug-likeness (QED) is 0.563. The molecule has 0 saturated heterocycles. The van der Waals surface area contributed by atoms with E-state index in [1.54, 1.807) is 0 Å². The monoisotopic (exact) mass is 152 g/mol. The van der Waals surface area contributed by atoms with Crippen molar-refractivity contribution >= 4 is 11.6 Å². The lowest BCUT2D eigenvalue weighted by Crippen LogP contribution is -1.71. The van der Waals surface area contributed by atoms with E-state index in [0.717, 1.165) is 0 Å². The van der Waals surface area contributed by atoms with E-state index in [9.17, 15) is 5.11 Å². The highest BCUT2D eigenvalue weighted by atomic mass is 35.5. The van der Waals surface area contributed by atoms with Gasteiger partial charge in [-0.3, -0.25) is 5.11 Å². The Morgan fingerprint density at radius 1 is 1.40 bits per heavy atom. The van der Waals surface area contributed by atoms with Crippen LogP contribution in [0.4, 0.5) is 0 Å². The van der Waals surface area contributed by atoms with Crippen molar-refractivity contribution in [3.63, 3.8) is 0 Å². The predicted molar refractivity (Wildman–Crippen MR) is 36.3 cm³/mol. The van der Waals surface area contributed by atoms with E-state index in [1.807, 2.05) is 6.07 Å². The summed E-state index contributed by atoms with van der Waals surface area (Å²) in [4.78, 5) is 0. The van der Waals surface area contributed by atoms with Gasteiger partial charge in [0, 0.05) is 17.2 Å². The zero-order chi connectivity index (χ0) is 7.56. The Balaban J connectivity index is 3.22. The van der Waals surface area contributed by atoms with Crippen LogP contribution in [-0.2, 0) is 5.11 Å². The minimum Gasteiger partial charge on any atom is -0.290 e. The lowest BCUT2D eigenvalue weighted by Gasteiger charge is -1.89. The first-order valence-electron chi connectivity index (χ1n) is 2.60. The summed E-state index contributed by atoms with van der Waals surface area (Å²) in [7, 11) is 0. The van der Waals surface area contributed by atoms with Crippen molar-refractivity contribution in [1.29, 1.82) is 5.26 Å². The van der Waals surface area contributed by atoms with Crippen molar-refractivity contribution in [3.05, 3.63) is 28.8 Å². The van der Waals surface area contributed by atoms with Crippen molar-refractivity contribution in [2.45, 2.75) is 0 Å². The summed E-state index contributed by atoms with van der Waals surface area (Å²) in [6, 6.07) is 5.78. The molecule has 0 saturated carbocycles. The molecule has 0 aliphatic heterocycles. The van der Waals surface area contributed by atoms with Crippen LogP contribution in [0.3, 0.4) is 0 Å². The first-order chi connectivity index (χ1) is 4.72. The maximum atomic E-state index is 10.6. The van der Waals surface area contributed by atoms with Gasteiger partial charge in [0.25, 0.3) is 0 Å². The SMILES string of the molecule is N#Cc1cc([O])cc(Cl)c1. The van der Waals surface area contributed by atoms with Gasteiger partial charge < -0.3 is 0 Å². The molecule has 1 radical (unpaired) electrons. The van der Waals surface area contributed by atoms with Crippen molar-refractivity contribution in [2.24, 2.45) is 0 Å². The van der Waals surface area contributed by atoms with E-state index in [4.69, 9.17) is 16.9 Å². The molecule has 0 amide bonds. The Labute approximate surface area is 63.3 Å². The van der Waals surface area contributed by atoms with Crippen molar-refractivity contribution in [3.8, 4) is 11.8 Å². The minimum absolute atomic E-state index is 0.232. The fraction of sp³-hybridized carbons (Fsp3) is 0. The number of rotatable bonds is 0. The standard InChI is InChI=1S/C7H3ClNO/c8-6-1-5(4-9)2-7(10)3-6/h1-3H. The van der Waals surface area contributed by atoms with Crippen LogP contribution in [0.15, 0.2) is 18.2 Å². The van der Waals surface area contributed by atoms with Gasteiger partial charge in [-0.1, -0.05) is 11.6 Å². The van der Waals surface area contributed by atoms with E-state index < -0.39 is 0 Å². The van der Waals surface area contributed by atoms with E-state index in [-0.39, 0.29) is 5.75 Å². The summed E-state index contributed by atoms with van der Waals surface area (Å²) >= 11 is 5.48. The fourth-order valence-electron chi connectivity index (χ4n) is 0.627. The van der Waals surface area contributed by atoms with Gasteiger partial charge in [-0.05, 0) is 6.07 Å². The second-order valence-electron chi connectivity index (χ2n) is 1.79. The van der Waals surface area contributed by atoms with Gasteiger partial charge in [0.2, 0.25) is 0 Å². The summed E-state index contributed by atoms with van der Waals surface area (Å²) in [5.41, 5.74) is 0.303. The number of halogens is 1. The van der Waals surface area contributed by atoms with Crippen LogP contribution >= 0.6 is 11.6 Å². The lowest BCUT2D eigenvalue weighted by atomic mass is 10.2. The first kappa shape index (κ1) is 6.91. The van der Waals surface area contributed by atoms with Crippen LogP contribution in [0.25, 0.3) is 0 Å². The van der Waals surface area contributed by atoms with Crippen LogP contribution in [0.2, 0.25) is 5.02 Å². The minimum atomic E-state index is -0.232. The average Bonchev–Trinajstić information content (AvgIpc) is 1.85. The molecule has 2 nitrogen and oxygen atoms in total. The average molecular weight is 153 g/mol. The van der Waals surface area contributed by atoms with Gasteiger partial charge in [-0.15, -0.1) is 0 Å². The third-order valence-electron chi connectivity index (χ3n) is 1.00. The second kappa shape index (κ2) is 2.59. The van der Waals surface area contributed by atoms with Crippen molar-refractivity contribution in [2.75, 3.05) is 0 Å². The van der Waals surface area contributed by atoms with E-state index in [0.29, 0.717) is 10.6 Å². The van der Waals surface area contributed by atoms with Crippen LogP contribution in [-0.4, -0.2) is 0 Å². The van der Waals surface area contributed by atoms with Crippen molar-refractivity contribution in [1.82, 2.24) is 0 Å². The van der Waals surface area contributed by atoms with Gasteiger partial charge in [0.15, 0.2) is 5.75 Å². The van der Waals surface area contributed by atoms with E-state index in [1.165, 1.54) is 18.2 Å². The number of benzene rings is 1. The van der Waals surface area contributed by atoms with Gasteiger partial charge >= 0.3 is 0 Å². The third kappa shape index (κ3) is 1.40. The molecule has 49 valence electrons. The molecule has 0 fully saturated rings. The summed E-state index contributed by atoms with van der Waals surface area (Å²) in [6.07, 6.45) is 0. The molecule has 0 heterocycles. The van der Waals surface area contributed by atoms with Gasteiger partial charge in [-0.2, -0.15) is 5.26 Å². The molecule has 10 heavy (non-hydrogen) atoms.